The van der Waals surface area contributed by atoms with Gasteiger partial charge in [0.2, 0.25) is 0 Å². The molecule has 1 amide bonds. The first-order chi connectivity index (χ1) is 12.7. The van der Waals surface area contributed by atoms with Gasteiger partial charge < -0.3 is 19.1 Å². The van der Waals surface area contributed by atoms with Gasteiger partial charge in [0.15, 0.2) is 18.1 Å². The highest BCUT2D eigenvalue weighted by Gasteiger charge is 2.24. The van der Waals surface area contributed by atoms with Crippen molar-refractivity contribution in [2.45, 2.75) is 18.9 Å². The van der Waals surface area contributed by atoms with E-state index < -0.39 is 0 Å². The van der Waals surface area contributed by atoms with E-state index in [1.54, 1.807) is 25.3 Å². The zero-order chi connectivity index (χ0) is 18.4. The van der Waals surface area contributed by atoms with Gasteiger partial charge in [-0.05, 0) is 30.3 Å². The van der Waals surface area contributed by atoms with Gasteiger partial charge in [-0.15, -0.1) is 0 Å². The lowest BCUT2D eigenvalue weighted by atomic mass is 10.1. The van der Waals surface area contributed by atoms with E-state index in [9.17, 15) is 4.79 Å². The van der Waals surface area contributed by atoms with Crippen molar-refractivity contribution in [1.82, 2.24) is 4.90 Å². The Morgan fingerprint density at radius 1 is 1.12 bits per heavy atom. The van der Waals surface area contributed by atoms with E-state index in [2.05, 4.69) is 0 Å². The number of carbonyl (C=O) groups is 1. The first-order valence-corrected chi connectivity index (χ1v) is 8.99. The smallest absolute Gasteiger partial charge is 0.260 e. The first kappa shape index (κ1) is 18.4. The summed E-state index contributed by atoms with van der Waals surface area (Å²) in [6.45, 7) is 1.30. The second-order valence-electron chi connectivity index (χ2n) is 6.09. The highest BCUT2D eigenvalue weighted by molar-refractivity contribution is 6.30. The molecular weight excluding hydrogens is 354 g/mol. The molecule has 5 nitrogen and oxygen atoms in total. The number of rotatable bonds is 6. The summed E-state index contributed by atoms with van der Waals surface area (Å²) in [5, 5.41) is 0.656. The average molecular weight is 376 g/mol. The minimum atomic E-state index is -0.0305. The number of methoxy groups -OCH3 is 1. The largest absolute Gasteiger partial charge is 0.493 e. The molecule has 1 fully saturated rings. The second-order valence-corrected chi connectivity index (χ2v) is 6.53. The maximum Gasteiger partial charge on any atom is 0.260 e. The number of hydrogen-bond acceptors (Lipinski definition) is 4. The van der Waals surface area contributed by atoms with Crippen molar-refractivity contribution in [3.8, 4) is 17.2 Å². The van der Waals surface area contributed by atoms with Gasteiger partial charge in [-0.1, -0.05) is 29.8 Å². The fourth-order valence-corrected chi connectivity index (χ4v) is 3.10. The van der Waals surface area contributed by atoms with Crippen LogP contribution < -0.4 is 14.2 Å². The van der Waals surface area contributed by atoms with Crippen LogP contribution in [0.25, 0.3) is 0 Å². The van der Waals surface area contributed by atoms with E-state index >= 15 is 0 Å². The minimum Gasteiger partial charge on any atom is -0.493 e. The van der Waals surface area contributed by atoms with Crippen molar-refractivity contribution in [2.75, 3.05) is 26.8 Å². The van der Waals surface area contributed by atoms with Crippen LogP contribution in [0.15, 0.2) is 48.5 Å². The predicted octanol–water partition coefficient (Wildman–Crippen LogP) is 3.80. The Morgan fingerprint density at radius 3 is 2.54 bits per heavy atom. The monoisotopic (exact) mass is 375 g/mol. The molecule has 1 aliphatic rings. The van der Waals surface area contributed by atoms with Crippen molar-refractivity contribution in [3.05, 3.63) is 53.6 Å². The van der Waals surface area contributed by atoms with Gasteiger partial charge in [0.05, 0.1) is 7.11 Å². The molecule has 0 spiro atoms. The Hall–Kier alpha value is -2.40. The van der Waals surface area contributed by atoms with Crippen LogP contribution >= 0.6 is 11.6 Å². The molecule has 0 N–H and O–H groups in total. The van der Waals surface area contributed by atoms with Gasteiger partial charge in [0.1, 0.15) is 11.9 Å². The third-order valence-corrected chi connectivity index (χ3v) is 4.55. The number of carbonyl (C=O) groups excluding carboxylic acids is 1. The summed E-state index contributed by atoms with van der Waals surface area (Å²) in [7, 11) is 1.58. The van der Waals surface area contributed by atoms with Gasteiger partial charge in [-0.25, -0.2) is 0 Å². The van der Waals surface area contributed by atoms with E-state index in [-0.39, 0.29) is 18.6 Å². The van der Waals surface area contributed by atoms with Crippen molar-refractivity contribution < 1.29 is 19.0 Å². The van der Waals surface area contributed by atoms with Gasteiger partial charge in [0, 0.05) is 31.0 Å². The molecule has 0 radical (unpaired) electrons. The summed E-state index contributed by atoms with van der Waals surface area (Å²) >= 11 is 5.98. The Kier molecular flexibility index (Phi) is 6.23. The third-order valence-electron chi connectivity index (χ3n) is 4.31. The number of hydrogen-bond donors (Lipinski definition) is 0. The summed E-state index contributed by atoms with van der Waals surface area (Å²) in [6, 6.07) is 14.7. The molecule has 138 valence electrons. The lowest BCUT2D eigenvalue weighted by molar-refractivity contribution is -0.135. The summed E-state index contributed by atoms with van der Waals surface area (Å²) in [4.78, 5) is 14.2. The average Bonchev–Trinajstić information content (AvgIpc) is 2.67. The summed E-state index contributed by atoms with van der Waals surface area (Å²) in [5.74, 6) is 1.93. The highest BCUT2D eigenvalue weighted by Crippen LogP contribution is 2.26. The number of ether oxygens (including phenoxy) is 3. The first-order valence-electron chi connectivity index (χ1n) is 8.61. The highest BCUT2D eigenvalue weighted by atomic mass is 35.5. The number of nitrogens with zero attached hydrogens (tertiary/aromatic N) is 1. The van der Waals surface area contributed by atoms with Crippen LogP contribution in [0.4, 0.5) is 0 Å². The molecule has 1 saturated heterocycles. The molecule has 0 bridgehead atoms. The number of para-hydroxylation sites is 2. The summed E-state index contributed by atoms with van der Waals surface area (Å²) < 4.78 is 16.8. The SMILES string of the molecule is COc1ccccc1OCC(=O)N1CCC(Oc2cccc(Cl)c2)CC1. The van der Waals surface area contributed by atoms with Crippen molar-refractivity contribution in [2.24, 2.45) is 0 Å². The van der Waals surface area contributed by atoms with Crippen LogP contribution in [0.3, 0.4) is 0 Å². The Balaban J connectivity index is 1.46. The number of likely N-dealkylation sites (tertiary alicyclic amines) is 1. The normalized spacial score (nSPS) is 14.8. The fraction of sp³-hybridized carbons (Fsp3) is 0.350. The van der Waals surface area contributed by atoms with E-state index in [0.29, 0.717) is 29.6 Å². The van der Waals surface area contributed by atoms with Crippen LogP contribution in [0.5, 0.6) is 17.2 Å². The number of halogens is 1. The molecule has 3 rings (SSSR count). The van der Waals surface area contributed by atoms with E-state index in [1.165, 1.54) is 0 Å². The molecule has 0 unspecified atom stereocenters. The predicted molar refractivity (Wildman–Crippen MR) is 100 cm³/mol. The van der Waals surface area contributed by atoms with Gasteiger partial charge in [-0.2, -0.15) is 0 Å². The lowest BCUT2D eigenvalue weighted by Gasteiger charge is -2.32. The molecular formula is C20H22ClNO4. The van der Waals surface area contributed by atoms with Gasteiger partial charge >= 0.3 is 0 Å². The van der Waals surface area contributed by atoms with Gasteiger partial charge in [0.25, 0.3) is 5.91 Å². The third kappa shape index (κ3) is 4.82. The van der Waals surface area contributed by atoms with Crippen LogP contribution in [0.1, 0.15) is 12.8 Å². The molecule has 0 aliphatic carbocycles. The molecule has 0 saturated carbocycles. The molecule has 6 heteroatoms. The van der Waals surface area contributed by atoms with E-state index in [1.807, 2.05) is 35.2 Å². The number of piperidine rings is 1. The molecule has 2 aromatic carbocycles. The standard InChI is InChI=1S/C20H22ClNO4/c1-24-18-7-2-3-8-19(18)25-14-20(23)22-11-9-16(10-12-22)26-17-6-4-5-15(21)13-17/h2-8,13,16H,9-12,14H2,1H3. The maximum atomic E-state index is 12.4. The van der Waals surface area contributed by atoms with Crippen molar-refractivity contribution in [1.29, 1.82) is 0 Å². The minimum absolute atomic E-state index is 0.000189. The number of benzene rings is 2. The fourth-order valence-electron chi connectivity index (χ4n) is 2.92. The molecule has 26 heavy (non-hydrogen) atoms. The molecule has 1 heterocycles. The quantitative estimate of drug-likeness (QED) is 0.770. The molecule has 2 aromatic rings. The lowest BCUT2D eigenvalue weighted by Crippen LogP contribution is -2.43. The van der Waals surface area contributed by atoms with Crippen molar-refractivity contribution in [3.63, 3.8) is 0 Å². The van der Waals surface area contributed by atoms with E-state index in [4.69, 9.17) is 25.8 Å². The van der Waals surface area contributed by atoms with Crippen LogP contribution in [0, 0.1) is 0 Å². The Bertz CT molecular complexity index is 744. The molecule has 1 aliphatic heterocycles. The topological polar surface area (TPSA) is 48.0 Å². The van der Waals surface area contributed by atoms with Crippen molar-refractivity contribution >= 4 is 17.5 Å². The summed E-state index contributed by atoms with van der Waals surface area (Å²) in [6.07, 6.45) is 1.66. The van der Waals surface area contributed by atoms with E-state index in [0.717, 1.165) is 18.6 Å². The summed E-state index contributed by atoms with van der Waals surface area (Å²) in [5.41, 5.74) is 0. The van der Waals surface area contributed by atoms with Crippen LogP contribution in [0.2, 0.25) is 5.02 Å². The van der Waals surface area contributed by atoms with Crippen LogP contribution in [-0.4, -0.2) is 43.7 Å². The Labute approximate surface area is 158 Å². The Morgan fingerprint density at radius 2 is 1.85 bits per heavy atom. The zero-order valence-corrected chi connectivity index (χ0v) is 15.4. The number of amides is 1. The zero-order valence-electron chi connectivity index (χ0n) is 14.7. The molecule has 0 aromatic heterocycles. The maximum absolute atomic E-state index is 12.4. The van der Waals surface area contributed by atoms with Crippen LogP contribution in [-0.2, 0) is 4.79 Å². The molecule has 0 atom stereocenters. The second kappa shape index (κ2) is 8.81. The van der Waals surface area contributed by atoms with Gasteiger partial charge in [-0.3, -0.25) is 4.79 Å².